The van der Waals surface area contributed by atoms with Crippen molar-refractivity contribution < 1.29 is 13.2 Å². The van der Waals surface area contributed by atoms with E-state index in [0.717, 1.165) is 29.1 Å². The summed E-state index contributed by atoms with van der Waals surface area (Å²) in [6.07, 6.45) is 1.32. The molecule has 3 aromatic carbocycles. The van der Waals surface area contributed by atoms with Gasteiger partial charge in [-0.15, -0.1) is 0 Å². The number of methoxy groups -OCH3 is 1. The lowest BCUT2D eigenvalue weighted by molar-refractivity contribution is 0.415. The highest BCUT2D eigenvalue weighted by Crippen LogP contribution is 2.22. The van der Waals surface area contributed by atoms with Crippen LogP contribution in [0.15, 0.2) is 78.9 Å². The van der Waals surface area contributed by atoms with Gasteiger partial charge in [0, 0.05) is 23.1 Å². The quantitative estimate of drug-likeness (QED) is 0.544. The molecule has 0 radical (unpaired) electrons. The van der Waals surface area contributed by atoms with E-state index in [0.29, 0.717) is 12.1 Å². The maximum absolute atomic E-state index is 12.3. The first-order valence-electron chi connectivity index (χ1n) is 9.10. The Kier molecular flexibility index (Phi) is 6.55. The maximum atomic E-state index is 12.3. The van der Waals surface area contributed by atoms with E-state index in [1.165, 1.54) is 0 Å². The standard InChI is InChI=1S/C22H24N2O3S/c1-27-22-11-5-10-21(17-22)23-19-12-14-20(15-13-19)24-28(25,26)16-6-9-18-7-3-2-4-8-18/h2-5,7-8,10-15,17,23-24H,6,9,16H2,1H3. The Morgan fingerprint density at radius 3 is 2.25 bits per heavy atom. The molecular formula is C22H24N2O3S. The van der Waals surface area contributed by atoms with Crippen molar-refractivity contribution in [1.82, 2.24) is 0 Å². The summed E-state index contributed by atoms with van der Waals surface area (Å²) in [5.41, 5.74) is 3.45. The van der Waals surface area contributed by atoms with Gasteiger partial charge in [0.25, 0.3) is 0 Å². The Balaban J connectivity index is 1.53. The molecule has 0 saturated carbocycles. The molecule has 0 saturated heterocycles. The fraction of sp³-hybridized carbons (Fsp3) is 0.182. The third kappa shape index (κ3) is 6.03. The van der Waals surface area contributed by atoms with Crippen molar-refractivity contribution in [2.45, 2.75) is 12.8 Å². The van der Waals surface area contributed by atoms with Crippen molar-refractivity contribution >= 4 is 27.1 Å². The number of anilines is 3. The molecule has 0 bridgehead atoms. The van der Waals surface area contributed by atoms with Crippen LogP contribution in [-0.4, -0.2) is 21.3 Å². The molecule has 3 rings (SSSR count). The molecule has 0 aliphatic rings. The number of sulfonamides is 1. The largest absolute Gasteiger partial charge is 0.497 e. The number of aryl methyl sites for hydroxylation is 1. The predicted octanol–water partition coefficient (Wildman–Crippen LogP) is 4.81. The number of hydrogen-bond donors (Lipinski definition) is 2. The molecule has 5 nitrogen and oxygen atoms in total. The molecule has 2 N–H and O–H groups in total. The van der Waals surface area contributed by atoms with Gasteiger partial charge < -0.3 is 10.1 Å². The van der Waals surface area contributed by atoms with E-state index in [1.807, 2.05) is 66.7 Å². The molecule has 146 valence electrons. The van der Waals surface area contributed by atoms with Gasteiger partial charge in [-0.05, 0) is 54.8 Å². The summed E-state index contributed by atoms with van der Waals surface area (Å²) >= 11 is 0. The van der Waals surface area contributed by atoms with Gasteiger partial charge in [-0.2, -0.15) is 0 Å². The second-order valence-electron chi connectivity index (χ2n) is 6.44. The van der Waals surface area contributed by atoms with Gasteiger partial charge in [-0.1, -0.05) is 36.4 Å². The molecule has 0 unspecified atom stereocenters. The van der Waals surface area contributed by atoms with Crippen LogP contribution in [0.25, 0.3) is 0 Å². The van der Waals surface area contributed by atoms with Gasteiger partial charge in [0.05, 0.1) is 12.9 Å². The lowest BCUT2D eigenvalue weighted by atomic mass is 10.1. The van der Waals surface area contributed by atoms with E-state index in [9.17, 15) is 8.42 Å². The van der Waals surface area contributed by atoms with Crippen LogP contribution in [0.2, 0.25) is 0 Å². The zero-order valence-corrected chi connectivity index (χ0v) is 16.6. The Morgan fingerprint density at radius 2 is 1.54 bits per heavy atom. The fourth-order valence-electron chi connectivity index (χ4n) is 2.83. The van der Waals surface area contributed by atoms with Gasteiger partial charge in [-0.25, -0.2) is 8.42 Å². The first-order chi connectivity index (χ1) is 13.5. The molecular weight excluding hydrogens is 372 g/mol. The Hall–Kier alpha value is -2.99. The van der Waals surface area contributed by atoms with Crippen molar-refractivity contribution in [1.29, 1.82) is 0 Å². The lowest BCUT2D eigenvalue weighted by Gasteiger charge is -2.11. The van der Waals surface area contributed by atoms with Crippen LogP contribution in [0.3, 0.4) is 0 Å². The molecule has 3 aromatic rings. The van der Waals surface area contributed by atoms with E-state index in [2.05, 4.69) is 10.0 Å². The molecule has 0 aromatic heterocycles. The predicted molar refractivity (Wildman–Crippen MR) is 115 cm³/mol. The molecule has 0 fully saturated rings. The van der Waals surface area contributed by atoms with Crippen molar-refractivity contribution in [2.24, 2.45) is 0 Å². The van der Waals surface area contributed by atoms with Gasteiger partial charge in [0.15, 0.2) is 0 Å². The number of rotatable bonds is 9. The molecule has 6 heteroatoms. The molecule has 0 aliphatic heterocycles. The van der Waals surface area contributed by atoms with Gasteiger partial charge >= 0.3 is 0 Å². The highest BCUT2D eigenvalue weighted by atomic mass is 32.2. The molecule has 0 atom stereocenters. The second-order valence-corrected chi connectivity index (χ2v) is 8.29. The topological polar surface area (TPSA) is 67.4 Å². The summed E-state index contributed by atoms with van der Waals surface area (Å²) in [6, 6.07) is 24.7. The van der Waals surface area contributed by atoms with Crippen LogP contribution < -0.4 is 14.8 Å². The monoisotopic (exact) mass is 396 g/mol. The van der Waals surface area contributed by atoms with E-state index in [1.54, 1.807) is 19.2 Å². The van der Waals surface area contributed by atoms with Crippen LogP contribution in [0, 0.1) is 0 Å². The SMILES string of the molecule is COc1cccc(Nc2ccc(NS(=O)(=O)CCCc3ccccc3)cc2)c1. The Labute approximate surface area is 166 Å². The van der Waals surface area contributed by atoms with E-state index in [4.69, 9.17) is 4.74 Å². The number of hydrogen-bond acceptors (Lipinski definition) is 4. The van der Waals surface area contributed by atoms with E-state index < -0.39 is 10.0 Å². The summed E-state index contributed by atoms with van der Waals surface area (Å²) in [5.74, 6) is 0.857. The van der Waals surface area contributed by atoms with Crippen LogP contribution in [0.1, 0.15) is 12.0 Å². The van der Waals surface area contributed by atoms with Crippen molar-refractivity contribution in [3.8, 4) is 5.75 Å². The summed E-state index contributed by atoms with van der Waals surface area (Å²) < 4.78 is 32.4. The molecule has 0 amide bonds. The zero-order valence-electron chi connectivity index (χ0n) is 15.8. The number of ether oxygens (including phenoxy) is 1. The summed E-state index contributed by atoms with van der Waals surface area (Å²) in [6.45, 7) is 0. The molecule has 0 heterocycles. The highest BCUT2D eigenvalue weighted by molar-refractivity contribution is 7.92. The van der Waals surface area contributed by atoms with Crippen LogP contribution >= 0.6 is 0 Å². The minimum absolute atomic E-state index is 0.0890. The van der Waals surface area contributed by atoms with Gasteiger partial charge in [0.2, 0.25) is 10.0 Å². The Bertz CT molecular complexity index is 988. The van der Waals surface area contributed by atoms with Crippen molar-refractivity contribution in [2.75, 3.05) is 22.9 Å². The number of nitrogens with one attached hydrogen (secondary N) is 2. The van der Waals surface area contributed by atoms with Gasteiger partial charge in [0.1, 0.15) is 5.75 Å². The summed E-state index contributed by atoms with van der Waals surface area (Å²) in [5, 5.41) is 3.26. The van der Waals surface area contributed by atoms with Crippen molar-refractivity contribution in [3.63, 3.8) is 0 Å². The number of benzene rings is 3. The summed E-state index contributed by atoms with van der Waals surface area (Å²) in [4.78, 5) is 0. The molecule has 28 heavy (non-hydrogen) atoms. The molecule has 0 spiro atoms. The second kappa shape index (κ2) is 9.28. The van der Waals surface area contributed by atoms with Crippen LogP contribution in [0.4, 0.5) is 17.1 Å². The fourth-order valence-corrected chi connectivity index (χ4v) is 3.95. The molecule has 0 aliphatic carbocycles. The van der Waals surface area contributed by atoms with Crippen LogP contribution in [0.5, 0.6) is 5.75 Å². The highest BCUT2D eigenvalue weighted by Gasteiger charge is 2.10. The minimum Gasteiger partial charge on any atom is -0.497 e. The Morgan fingerprint density at radius 1 is 0.821 bits per heavy atom. The first-order valence-corrected chi connectivity index (χ1v) is 10.7. The third-order valence-electron chi connectivity index (χ3n) is 4.24. The average Bonchev–Trinajstić information content (AvgIpc) is 2.70. The average molecular weight is 397 g/mol. The smallest absolute Gasteiger partial charge is 0.232 e. The van der Waals surface area contributed by atoms with Crippen LogP contribution in [-0.2, 0) is 16.4 Å². The minimum atomic E-state index is -3.37. The van der Waals surface area contributed by atoms with E-state index in [-0.39, 0.29) is 5.75 Å². The normalized spacial score (nSPS) is 11.0. The van der Waals surface area contributed by atoms with Crippen molar-refractivity contribution in [3.05, 3.63) is 84.4 Å². The summed E-state index contributed by atoms with van der Waals surface area (Å²) in [7, 11) is -1.75. The zero-order chi connectivity index (χ0) is 19.8. The maximum Gasteiger partial charge on any atom is 0.232 e. The first kappa shape index (κ1) is 19.8. The lowest BCUT2D eigenvalue weighted by Crippen LogP contribution is -2.17. The van der Waals surface area contributed by atoms with Gasteiger partial charge in [-0.3, -0.25) is 4.72 Å². The third-order valence-corrected chi connectivity index (χ3v) is 5.61. The van der Waals surface area contributed by atoms with E-state index >= 15 is 0 Å².